The molecule has 2 heterocycles. The van der Waals surface area contributed by atoms with Crippen molar-refractivity contribution in [2.24, 2.45) is 17.8 Å². The highest BCUT2D eigenvalue weighted by atomic mass is 32.1. The molecule has 25 heavy (non-hydrogen) atoms. The zero-order valence-corrected chi connectivity index (χ0v) is 14.7. The Labute approximate surface area is 151 Å². The Morgan fingerprint density at radius 3 is 2.84 bits per heavy atom. The first-order chi connectivity index (χ1) is 12.3. The summed E-state index contributed by atoms with van der Waals surface area (Å²) in [5.41, 5.74) is 1.70. The first-order valence-electron chi connectivity index (χ1n) is 8.99. The second-order valence-electron chi connectivity index (χ2n) is 7.27. The molecule has 0 saturated heterocycles. The normalized spacial score (nSPS) is 27.7. The van der Waals surface area contributed by atoms with Gasteiger partial charge in [0.2, 0.25) is 5.91 Å². The molecular formula is C21H20N2OS. The predicted molar refractivity (Wildman–Crippen MR) is 102 cm³/mol. The van der Waals surface area contributed by atoms with Crippen molar-refractivity contribution in [3.8, 4) is 0 Å². The maximum Gasteiger partial charge on any atom is 0.228 e. The second-order valence-corrected chi connectivity index (χ2v) is 8.25. The zero-order valence-electron chi connectivity index (χ0n) is 13.9. The van der Waals surface area contributed by atoms with E-state index in [-0.39, 0.29) is 11.8 Å². The van der Waals surface area contributed by atoms with E-state index in [1.54, 1.807) is 17.5 Å². The molecule has 0 unspecified atom stereocenters. The van der Waals surface area contributed by atoms with Crippen LogP contribution in [0.15, 0.2) is 54.0 Å². The lowest BCUT2D eigenvalue weighted by Gasteiger charge is -2.29. The van der Waals surface area contributed by atoms with Crippen molar-refractivity contribution in [3.05, 3.63) is 58.9 Å². The molecule has 1 aromatic carbocycles. The first kappa shape index (κ1) is 15.1. The lowest BCUT2D eigenvalue weighted by atomic mass is 9.78. The summed E-state index contributed by atoms with van der Waals surface area (Å²) < 4.78 is 0. The Bertz CT molecular complexity index is 915. The minimum Gasteiger partial charge on any atom is -0.324 e. The standard InChI is InChI=1S/C21H20N2OS/c24-21(23-16-6-1-4-13-5-2-10-22-20(13)16)19-15-9-8-14(12-15)18(19)17-7-3-11-25-17/h1-7,10-11,14-15,18-19H,8-9,12H2,(H,23,24)/t14-,15+,18+,19+/m1/s1. The Balaban J connectivity index is 1.47. The third kappa shape index (κ3) is 2.47. The van der Waals surface area contributed by atoms with Crippen LogP contribution in [0.2, 0.25) is 0 Å². The Kier molecular flexibility index (Phi) is 3.59. The predicted octanol–water partition coefficient (Wildman–Crippen LogP) is 5.06. The maximum atomic E-state index is 13.2. The highest BCUT2D eigenvalue weighted by Gasteiger charge is 2.51. The van der Waals surface area contributed by atoms with Crippen molar-refractivity contribution in [1.82, 2.24) is 4.98 Å². The number of benzene rings is 1. The summed E-state index contributed by atoms with van der Waals surface area (Å²) in [4.78, 5) is 19.1. The number of amides is 1. The molecule has 1 N–H and O–H groups in total. The van der Waals surface area contributed by atoms with Crippen molar-refractivity contribution < 1.29 is 4.79 Å². The van der Waals surface area contributed by atoms with Gasteiger partial charge in [0, 0.05) is 28.3 Å². The van der Waals surface area contributed by atoms with Crippen LogP contribution in [0.4, 0.5) is 5.69 Å². The van der Waals surface area contributed by atoms with Gasteiger partial charge >= 0.3 is 0 Å². The molecule has 2 fully saturated rings. The van der Waals surface area contributed by atoms with Crippen LogP contribution < -0.4 is 5.32 Å². The molecule has 1 amide bonds. The SMILES string of the molecule is O=C(Nc1cccc2cccnc12)[C@H]1[C@H]2CC[C@H](C2)[C@H]1c1cccs1. The number of pyridine rings is 1. The van der Waals surface area contributed by atoms with E-state index in [9.17, 15) is 4.79 Å². The van der Waals surface area contributed by atoms with Crippen LogP contribution in [-0.2, 0) is 4.79 Å². The van der Waals surface area contributed by atoms with Crippen LogP contribution in [0.25, 0.3) is 10.9 Å². The van der Waals surface area contributed by atoms with Crippen molar-refractivity contribution in [1.29, 1.82) is 0 Å². The number of anilines is 1. The van der Waals surface area contributed by atoms with E-state index in [1.807, 2.05) is 30.3 Å². The molecule has 0 aliphatic heterocycles. The lowest BCUT2D eigenvalue weighted by Crippen LogP contribution is -2.32. The monoisotopic (exact) mass is 348 g/mol. The summed E-state index contributed by atoms with van der Waals surface area (Å²) in [5, 5.41) is 6.40. The fourth-order valence-electron chi connectivity index (χ4n) is 4.98. The molecule has 2 aromatic heterocycles. The fraction of sp³-hybridized carbons (Fsp3) is 0.333. The largest absolute Gasteiger partial charge is 0.324 e. The number of hydrogen-bond acceptors (Lipinski definition) is 3. The van der Waals surface area contributed by atoms with Gasteiger partial charge in [-0.3, -0.25) is 9.78 Å². The summed E-state index contributed by atoms with van der Waals surface area (Å²) in [7, 11) is 0. The molecule has 2 bridgehead atoms. The molecule has 3 nitrogen and oxygen atoms in total. The Morgan fingerprint density at radius 2 is 1.96 bits per heavy atom. The Hall–Kier alpha value is -2.20. The zero-order chi connectivity index (χ0) is 16.8. The van der Waals surface area contributed by atoms with E-state index < -0.39 is 0 Å². The van der Waals surface area contributed by atoms with E-state index >= 15 is 0 Å². The number of rotatable bonds is 3. The van der Waals surface area contributed by atoms with E-state index in [0.29, 0.717) is 17.8 Å². The van der Waals surface area contributed by atoms with Crippen molar-refractivity contribution >= 4 is 33.8 Å². The van der Waals surface area contributed by atoms with Gasteiger partial charge in [-0.2, -0.15) is 0 Å². The van der Waals surface area contributed by atoms with Gasteiger partial charge < -0.3 is 5.32 Å². The molecule has 3 aromatic rings. The average Bonchev–Trinajstić information content (AvgIpc) is 3.38. The molecule has 126 valence electrons. The minimum absolute atomic E-state index is 0.0939. The number of hydrogen-bond donors (Lipinski definition) is 1. The maximum absolute atomic E-state index is 13.2. The summed E-state index contributed by atoms with van der Waals surface area (Å²) >= 11 is 1.80. The van der Waals surface area contributed by atoms with Crippen LogP contribution in [0, 0.1) is 17.8 Å². The van der Waals surface area contributed by atoms with Crippen molar-refractivity contribution in [2.75, 3.05) is 5.32 Å². The molecule has 4 atom stereocenters. The molecule has 0 spiro atoms. The number of thiophene rings is 1. The number of fused-ring (bicyclic) bond motifs is 3. The van der Waals surface area contributed by atoms with Crippen LogP contribution in [0.1, 0.15) is 30.1 Å². The van der Waals surface area contributed by atoms with Crippen LogP contribution in [0.3, 0.4) is 0 Å². The van der Waals surface area contributed by atoms with Crippen molar-refractivity contribution in [3.63, 3.8) is 0 Å². The second kappa shape index (κ2) is 5.95. The smallest absolute Gasteiger partial charge is 0.228 e. The first-order valence-corrected chi connectivity index (χ1v) is 9.87. The number of carbonyl (C=O) groups is 1. The van der Waals surface area contributed by atoms with E-state index in [1.165, 1.54) is 24.1 Å². The van der Waals surface area contributed by atoms with Crippen LogP contribution in [0.5, 0.6) is 0 Å². The third-order valence-electron chi connectivity index (χ3n) is 5.98. The van der Waals surface area contributed by atoms with Gasteiger partial charge in [-0.1, -0.05) is 24.3 Å². The third-order valence-corrected chi connectivity index (χ3v) is 6.96. The van der Waals surface area contributed by atoms with Crippen LogP contribution >= 0.6 is 11.3 Å². The van der Waals surface area contributed by atoms with Gasteiger partial charge in [0.05, 0.1) is 11.2 Å². The number of para-hydroxylation sites is 1. The lowest BCUT2D eigenvalue weighted by molar-refractivity contribution is -0.121. The summed E-state index contributed by atoms with van der Waals surface area (Å²) in [6.07, 6.45) is 5.45. The quantitative estimate of drug-likeness (QED) is 0.718. The summed E-state index contributed by atoms with van der Waals surface area (Å²) in [6, 6.07) is 14.2. The van der Waals surface area contributed by atoms with E-state index in [0.717, 1.165) is 16.6 Å². The van der Waals surface area contributed by atoms with E-state index in [4.69, 9.17) is 0 Å². The number of aromatic nitrogens is 1. The van der Waals surface area contributed by atoms with Gasteiger partial charge in [0.1, 0.15) is 0 Å². The van der Waals surface area contributed by atoms with E-state index in [2.05, 4.69) is 27.8 Å². The highest BCUT2D eigenvalue weighted by molar-refractivity contribution is 7.10. The molecular weight excluding hydrogens is 328 g/mol. The number of carbonyl (C=O) groups excluding carboxylic acids is 1. The topological polar surface area (TPSA) is 42.0 Å². The summed E-state index contributed by atoms with van der Waals surface area (Å²) in [6.45, 7) is 0. The highest BCUT2D eigenvalue weighted by Crippen LogP contribution is 2.57. The van der Waals surface area contributed by atoms with Gasteiger partial charge in [0.15, 0.2) is 0 Å². The van der Waals surface area contributed by atoms with Crippen molar-refractivity contribution in [2.45, 2.75) is 25.2 Å². The van der Waals surface area contributed by atoms with Gasteiger partial charge in [0.25, 0.3) is 0 Å². The summed E-state index contributed by atoms with van der Waals surface area (Å²) in [5.74, 6) is 1.85. The fourth-order valence-corrected chi connectivity index (χ4v) is 5.95. The number of nitrogens with zero attached hydrogens (tertiary/aromatic N) is 1. The number of nitrogens with one attached hydrogen (secondary N) is 1. The molecule has 0 radical (unpaired) electrons. The van der Waals surface area contributed by atoms with Gasteiger partial charge in [-0.15, -0.1) is 11.3 Å². The minimum atomic E-state index is 0.0939. The van der Waals surface area contributed by atoms with Crippen LogP contribution in [-0.4, -0.2) is 10.9 Å². The average molecular weight is 348 g/mol. The van der Waals surface area contributed by atoms with Gasteiger partial charge in [-0.05, 0) is 54.7 Å². The molecule has 2 aliphatic rings. The molecule has 2 saturated carbocycles. The molecule has 2 aliphatic carbocycles. The molecule has 4 heteroatoms. The Morgan fingerprint density at radius 1 is 1.08 bits per heavy atom. The van der Waals surface area contributed by atoms with Gasteiger partial charge in [-0.25, -0.2) is 0 Å². The molecule has 5 rings (SSSR count).